The predicted octanol–water partition coefficient (Wildman–Crippen LogP) is 1.49. The normalized spacial score (nSPS) is 41.0. The molecule has 2 saturated carbocycles. The molecule has 3 aliphatic rings. The number of hydrogen-bond donors (Lipinski definition) is 1. The molecule has 2 bridgehead atoms. The van der Waals surface area contributed by atoms with Gasteiger partial charge in [0.25, 0.3) is 5.92 Å². The lowest BCUT2D eigenvalue weighted by atomic mass is 10.0. The van der Waals surface area contributed by atoms with Crippen LogP contribution in [0, 0.1) is 11.3 Å². The minimum atomic E-state index is -2.48. The monoisotopic (exact) mass is 217 g/mol. The van der Waals surface area contributed by atoms with E-state index < -0.39 is 12.0 Å². The van der Waals surface area contributed by atoms with Crippen LogP contribution in [0.4, 0.5) is 8.78 Å². The van der Waals surface area contributed by atoms with E-state index >= 15 is 0 Å². The van der Waals surface area contributed by atoms with Crippen LogP contribution in [0.25, 0.3) is 0 Å². The van der Waals surface area contributed by atoms with Crippen molar-refractivity contribution >= 4 is 0 Å². The van der Waals surface area contributed by atoms with Gasteiger partial charge in [0.1, 0.15) is 0 Å². The summed E-state index contributed by atoms with van der Waals surface area (Å²) in [6.07, 6.45) is 2.75. The Balaban J connectivity index is 1.69. The minimum Gasteiger partial charge on any atom is -0.396 e. The lowest BCUT2D eigenvalue weighted by Crippen LogP contribution is -2.48. The molecule has 0 aromatic carbocycles. The lowest BCUT2D eigenvalue weighted by Gasteiger charge is -2.35. The fourth-order valence-corrected chi connectivity index (χ4v) is 3.26. The third-order valence-corrected chi connectivity index (χ3v) is 4.37. The second-order valence-electron chi connectivity index (χ2n) is 5.67. The first-order valence-corrected chi connectivity index (χ1v) is 5.77. The molecule has 2 aliphatic carbocycles. The molecule has 0 aromatic heterocycles. The van der Waals surface area contributed by atoms with Crippen LogP contribution in [-0.2, 0) is 0 Å². The molecule has 3 rings (SSSR count). The number of alkyl halides is 2. The standard InChI is InChI=1S/C11H17F2NO/c12-11(13)4-8-3-9(11)14(5-8)6-10(7-15)1-2-10/h8-9,15H,1-7H2. The van der Waals surface area contributed by atoms with Gasteiger partial charge in [-0.15, -0.1) is 0 Å². The van der Waals surface area contributed by atoms with E-state index in [0.717, 1.165) is 19.4 Å². The summed E-state index contributed by atoms with van der Waals surface area (Å²) in [6.45, 7) is 1.66. The highest BCUT2D eigenvalue weighted by Crippen LogP contribution is 2.52. The van der Waals surface area contributed by atoms with Crippen molar-refractivity contribution in [1.29, 1.82) is 0 Å². The number of likely N-dealkylation sites (tertiary alicyclic amines) is 1. The Morgan fingerprint density at radius 2 is 2.07 bits per heavy atom. The molecule has 3 fully saturated rings. The Morgan fingerprint density at radius 3 is 2.53 bits per heavy atom. The van der Waals surface area contributed by atoms with Gasteiger partial charge in [-0.3, -0.25) is 4.90 Å². The number of piperidine rings is 1. The van der Waals surface area contributed by atoms with Crippen LogP contribution in [0.3, 0.4) is 0 Å². The summed E-state index contributed by atoms with van der Waals surface area (Å²) in [5.41, 5.74) is -0.0272. The number of halogens is 2. The largest absolute Gasteiger partial charge is 0.396 e. The van der Waals surface area contributed by atoms with Gasteiger partial charge in [-0.05, 0) is 25.2 Å². The van der Waals surface area contributed by atoms with E-state index in [-0.39, 0.29) is 24.4 Å². The summed E-state index contributed by atoms with van der Waals surface area (Å²) in [6, 6.07) is -0.536. The molecule has 1 aliphatic heterocycles. The van der Waals surface area contributed by atoms with E-state index in [1.165, 1.54) is 0 Å². The number of rotatable bonds is 3. The smallest absolute Gasteiger partial charge is 0.263 e. The first-order chi connectivity index (χ1) is 7.05. The molecule has 0 spiro atoms. The maximum atomic E-state index is 13.5. The quantitative estimate of drug-likeness (QED) is 0.774. The van der Waals surface area contributed by atoms with Crippen molar-refractivity contribution in [3.05, 3.63) is 0 Å². The number of fused-ring (bicyclic) bond motifs is 2. The fourth-order valence-electron chi connectivity index (χ4n) is 3.26. The van der Waals surface area contributed by atoms with Crippen LogP contribution >= 0.6 is 0 Å². The molecule has 1 saturated heterocycles. The Labute approximate surface area is 88.3 Å². The Hall–Kier alpha value is -0.220. The molecule has 0 amide bonds. The maximum absolute atomic E-state index is 13.5. The number of hydrogen-bond acceptors (Lipinski definition) is 2. The van der Waals surface area contributed by atoms with Crippen molar-refractivity contribution in [3.63, 3.8) is 0 Å². The molecule has 0 radical (unpaired) electrons. The van der Waals surface area contributed by atoms with Crippen LogP contribution in [0.5, 0.6) is 0 Å². The highest BCUT2D eigenvalue weighted by Gasteiger charge is 2.58. The van der Waals surface area contributed by atoms with E-state index in [0.29, 0.717) is 13.0 Å². The second kappa shape index (κ2) is 2.92. The summed E-state index contributed by atoms with van der Waals surface area (Å²) in [7, 11) is 0. The van der Waals surface area contributed by atoms with Crippen molar-refractivity contribution in [2.24, 2.45) is 11.3 Å². The van der Waals surface area contributed by atoms with Gasteiger partial charge in [0.05, 0.1) is 6.04 Å². The van der Waals surface area contributed by atoms with Crippen LogP contribution < -0.4 is 0 Å². The van der Waals surface area contributed by atoms with Crippen molar-refractivity contribution < 1.29 is 13.9 Å². The third kappa shape index (κ3) is 1.49. The number of nitrogens with zero attached hydrogens (tertiary/aromatic N) is 1. The zero-order chi connectivity index (χ0) is 10.7. The number of aliphatic hydroxyl groups excluding tert-OH is 1. The zero-order valence-electron chi connectivity index (χ0n) is 8.75. The fraction of sp³-hybridized carbons (Fsp3) is 1.00. The van der Waals surface area contributed by atoms with Gasteiger partial charge >= 0.3 is 0 Å². The molecule has 15 heavy (non-hydrogen) atoms. The van der Waals surface area contributed by atoms with E-state index in [9.17, 15) is 13.9 Å². The molecule has 1 N–H and O–H groups in total. The summed E-state index contributed by atoms with van der Waals surface area (Å²) in [4.78, 5) is 1.93. The molecule has 4 heteroatoms. The first kappa shape index (κ1) is 9.97. The van der Waals surface area contributed by atoms with E-state index in [4.69, 9.17) is 0 Å². The average Bonchev–Trinajstić information content (AvgIpc) is 2.72. The Kier molecular flexibility index (Phi) is 1.94. The zero-order valence-corrected chi connectivity index (χ0v) is 8.75. The summed E-state index contributed by atoms with van der Waals surface area (Å²) >= 11 is 0. The lowest BCUT2D eigenvalue weighted by molar-refractivity contribution is -0.0827. The van der Waals surface area contributed by atoms with Gasteiger partial charge in [-0.25, -0.2) is 8.78 Å². The number of aliphatic hydroxyl groups is 1. The third-order valence-electron chi connectivity index (χ3n) is 4.37. The molecule has 2 unspecified atom stereocenters. The van der Waals surface area contributed by atoms with Gasteiger partial charge in [-0.2, -0.15) is 0 Å². The SMILES string of the molecule is OCC1(CN2CC3CC2C(F)(F)C3)CC1. The van der Waals surface area contributed by atoms with Crippen molar-refractivity contribution in [3.8, 4) is 0 Å². The predicted molar refractivity (Wildman–Crippen MR) is 51.8 cm³/mol. The Morgan fingerprint density at radius 1 is 1.33 bits per heavy atom. The highest BCUT2D eigenvalue weighted by atomic mass is 19.3. The highest BCUT2D eigenvalue weighted by molar-refractivity contribution is 5.06. The summed E-state index contributed by atoms with van der Waals surface area (Å²) in [5.74, 6) is -2.28. The molecule has 86 valence electrons. The summed E-state index contributed by atoms with van der Waals surface area (Å²) in [5, 5.41) is 9.20. The van der Waals surface area contributed by atoms with Gasteiger partial charge in [0, 0.05) is 31.5 Å². The maximum Gasteiger partial charge on any atom is 0.263 e. The molecule has 2 atom stereocenters. The average molecular weight is 217 g/mol. The molecular formula is C11H17F2NO. The summed E-state index contributed by atoms with van der Waals surface area (Å²) < 4.78 is 27.0. The van der Waals surface area contributed by atoms with Crippen LogP contribution in [0.1, 0.15) is 25.7 Å². The second-order valence-corrected chi connectivity index (χ2v) is 5.67. The van der Waals surface area contributed by atoms with Gasteiger partial charge in [0.2, 0.25) is 0 Å². The van der Waals surface area contributed by atoms with Crippen LogP contribution in [-0.4, -0.2) is 41.7 Å². The molecule has 2 nitrogen and oxygen atoms in total. The Bertz CT molecular complexity index is 278. The van der Waals surface area contributed by atoms with Crippen molar-refractivity contribution in [1.82, 2.24) is 4.90 Å². The van der Waals surface area contributed by atoms with Crippen LogP contribution in [0.15, 0.2) is 0 Å². The molecule has 0 aromatic rings. The van der Waals surface area contributed by atoms with E-state index in [2.05, 4.69) is 0 Å². The van der Waals surface area contributed by atoms with Crippen LogP contribution in [0.2, 0.25) is 0 Å². The van der Waals surface area contributed by atoms with E-state index in [1.807, 2.05) is 4.90 Å². The minimum absolute atomic E-state index is 0.0272. The van der Waals surface area contributed by atoms with Gasteiger partial charge in [0.15, 0.2) is 0 Å². The van der Waals surface area contributed by atoms with Crippen molar-refractivity contribution in [2.45, 2.75) is 37.6 Å². The van der Waals surface area contributed by atoms with Gasteiger partial charge in [-0.1, -0.05) is 0 Å². The molecule has 1 heterocycles. The molecular weight excluding hydrogens is 200 g/mol. The topological polar surface area (TPSA) is 23.5 Å². The first-order valence-electron chi connectivity index (χ1n) is 5.77. The van der Waals surface area contributed by atoms with E-state index in [1.54, 1.807) is 0 Å². The van der Waals surface area contributed by atoms with Gasteiger partial charge < -0.3 is 5.11 Å². The van der Waals surface area contributed by atoms with Crippen molar-refractivity contribution in [2.75, 3.05) is 19.7 Å².